The molecule has 7 heteroatoms. The number of amides is 1. The second-order valence-corrected chi connectivity index (χ2v) is 10.9. The number of allylic oxidation sites excluding steroid dienone is 1. The maximum atomic E-state index is 13.8. The van der Waals surface area contributed by atoms with E-state index in [2.05, 4.69) is 40.6 Å². The minimum atomic E-state index is -0.184. The smallest absolute Gasteiger partial charge is 0.235 e. The van der Waals surface area contributed by atoms with Gasteiger partial charge in [-0.15, -0.1) is 11.8 Å². The van der Waals surface area contributed by atoms with Gasteiger partial charge in [0, 0.05) is 29.4 Å². The first-order valence-electron chi connectivity index (χ1n) is 13.1. The largest absolute Gasteiger partial charge is 0.339 e. The summed E-state index contributed by atoms with van der Waals surface area (Å²) < 4.78 is 13.8. The lowest BCUT2D eigenvalue weighted by atomic mass is 9.88. The molecule has 0 aromatic carbocycles. The van der Waals surface area contributed by atoms with Crippen LogP contribution in [0, 0.1) is 18.7 Å². The van der Waals surface area contributed by atoms with E-state index >= 15 is 0 Å². The average Bonchev–Trinajstić information content (AvgIpc) is 3.30. The van der Waals surface area contributed by atoms with Gasteiger partial charge in [-0.3, -0.25) is 9.78 Å². The zero-order valence-corrected chi connectivity index (χ0v) is 22.5. The molecular formula is C29H37FN4OS. The fourth-order valence-corrected chi connectivity index (χ4v) is 5.98. The number of carbonyl (C=O) groups is 1. The molecule has 1 aliphatic carbocycles. The molecule has 1 N–H and O–H groups in total. The van der Waals surface area contributed by atoms with E-state index in [0.29, 0.717) is 11.6 Å². The van der Waals surface area contributed by atoms with E-state index in [-0.39, 0.29) is 17.6 Å². The van der Waals surface area contributed by atoms with E-state index in [0.717, 1.165) is 52.1 Å². The highest BCUT2D eigenvalue weighted by Gasteiger charge is 2.35. The Morgan fingerprint density at radius 2 is 1.94 bits per heavy atom. The van der Waals surface area contributed by atoms with Gasteiger partial charge in [0.15, 0.2) is 0 Å². The summed E-state index contributed by atoms with van der Waals surface area (Å²) in [6.07, 6.45) is 15.1. The molecule has 2 aromatic heterocycles. The van der Waals surface area contributed by atoms with Gasteiger partial charge in [-0.1, -0.05) is 59.0 Å². The number of aromatic nitrogens is 2. The number of hydrogen-bond donors (Lipinski definition) is 1. The molecule has 36 heavy (non-hydrogen) atoms. The monoisotopic (exact) mass is 508 g/mol. The van der Waals surface area contributed by atoms with Crippen molar-refractivity contribution in [3.8, 4) is 0 Å². The molecule has 0 radical (unpaired) electrons. The summed E-state index contributed by atoms with van der Waals surface area (Å²) >= 11 is 1.53. The minimum absolute atomic E-state index is 0.0330. The van der Waals surface area contributed by atoms with Crippen LogP contribution in [-0.2, 0) is 4.79 Å². The van der Waals surface area contributed by atoms with E-state index in [1.165, 1.54) is 56.5 Å². The van der Waals surface area contributed by atoms with Gasteiger partial charge in [-0.25, -0.2) is 9.37 Å². The van der Waals surface area contributed by atoms with Crippen LogP contribution in [0.5, 0.6) is 0 Å². The minimum Gasteiger partial charge on any atom is -0.339 e. The molecule has 5 heterocycles. The highest BCUT2D eigenvalue weighted by molar-refractivity contribution is 8.00. The molecule has 0 spiro atoms. The van der Waals surface area contributed by atoms with E-state index in [9.17, 15) is 9.18 Å². The summed E-state index contributed by atoms with van der Waals surface area (Å²) in [4.78, 5) is 22.4. The summed E-state index contributed by atoms with van der Waals surface area (Å²) in [5.74, 6) is 2.40. The third-order valence-corrected chi connectivity index (χ3v) is 8.39. The normalized spacial score (nSPS) is 19.9. The van der Waals surface area contributed by atoms with E-state index < -0.39 is 0 Å². The lowest BCUT2D eigenvalue weighted by Gasteiger charge is -2.24. The van der Waals surface area contributed by atoms with Crippen molar-refractivity contribution in [2.45, 2.75) is 76.5 Å². The molecule has 1 amide bonds. The molecule has 0 bridgehead atoms. The van der Waals surface area contributed by atoms with Crippen LogP contribution in [0.2, 0.25) is 0 Å². The number of rotatable bonds is 2. The van der Waals surface area contributed by atoms with Crippen LogP contribution in [0.4, 0.5) is 15.9 Å². The highest BCUT2D eigenvalue weighted by atomic mass is 32.2. The van der Waals surface area contributed by atoms with Crippen LogP contribution in [0.15, 0.2) is 41.6 Å². The molecule has 0 saturated heterocycles. The predicted molar refractivity (Wildman–Crippen MR) is 148 cm³/mol. The van der Waals surface area contributed by atoms with Gasteiger partial charge < -0.3 is 10.2 Å². The first-order valence-corrected chi connectivity index (χ1v) is 14.1. The SMILES string of the molecule is C=C1C=Cc2ncc(F)c3c2N1CC3CC.CCC1CCCCC1.Cc1ccc2c(n1)NC(=O)CS2. The third kappa shape index (κ3) is 6.00. The number of nitrogens with one attached hydrogen (secondary N) is 1. The third-order valence-electron chi connectivity index (χ3n) is 7.34. The van der Waals surface area contributed by atoms with Crippen LogP contribution in [0.1, 0.15) is 81.7 Å². The Labute approximate surface area is 218 Å². The zero-order valence-electron chi connectivity index (χ0n) is 21.6. The Morgan fingerprint density at radius 1 is 1.17 bits per heavy atom. The van der Waals surface area contributed by atoms with Crippen LogP contribution < -0.4 is 10.2 Å². The summed E-state index contributed by atoms with van der Waals surface area (Å²) in [5.41, 5.74) is 4.46. The highest BCUT2D eigenvalue weighted by Crippen LogP contribution is 2.45. The quantitative estimate of drug-likeness (QED) is 0.455. The van der Waals surface area contributed by atoms with Crippen LogP contribution >= 0.6 is 11.8 Å². The summed E-state index contributed by atoms with van der Waals surface area (Å²) in [6.45, 7) is 11.1. The fourth-order valence-electron chi connectivity index (χ4n) is 5.22. The molecule has 6 rings (SSSR count). The standard InChI is InChI=1S/C13H13FN2.C8H8N2OS.C8H16/c1-3-9-7-16-8(2)4-5-11-13(16)12(9)10(14)6-15-11;1-5-2-3-6-8(9-5)10-7(11)4-12-6;1-2-8-6-4-3-5-7-8/h4-6,9H,2-3,7H2,1H3;2-3H,4H2,1H3,(H,9,10,11);8H,2-7H2,1H3. The maximum absolute atomic E-state index is 13.8. The summed E-state index contributed by atoms with van der Waals surface area (Å²) in [7, 11) is 0. The maximum Gasteiger partial charge on any atom is 0.235 e. The van der Waals surface area contributed by atoms with Crippen molar-refractivity contribution < 1.29 is 9.18 Å². The van der Waals surface area contributed by atoms with Gasteiger partial charge in [0.1, 0.15) is 11.6 Å². The van der Waals surface area contributed by atoms with Gasteiger partial charge in [-0.2, -0.15) is 0 Å². The molecule has 1 unspecified atom stereocenters. The lowest BCUT2D eigenvalue weighted by Crippen LogP contribution is -2.21. The molecule has 1 atom stereocenters. The van der Waals surface area contributed by atoms with E-state index in [1.807, 2.05) is 31.2 Å². The summed E-state index contributed by atoms with van der Waals surface area (Å²) in [6, 6.07) is 3.94. The number of nitrogens with zero attached hydrogens (tertiary/aromatic N) is 3. The number of hydrogen-bond acceptors (Lipinski definition) is 5. The second-order valence-electron chi connectivity index (χ2n) is 9.84. The van der Waals surface area contributed by atoms with Gasteiger partial charge in [0.05, 0.1) is 28.2 Å². The number of fused-ring (bicyclic) bond motifs is 1. The Bertz CT molecular complexity index is 1140. The van der Waals surface area contributed by atoms with Crippen molar-refractivity contribution in [2.24, 2.45) is 5.92 Å². The Balaban J connectivity index is 0.000000135. The average molecular weight is 509 g/mol. The number of halogens is 1. The van der Waals surface area contributed by atoms with Crippen molar-refractivity contribution in [3.05, 3.63) is 59.5 Å². The van der Waals surface area contributed by atoms with Gasteiger partial charge >= 0.3 is 0 Å². The van der Waals surface area contributed by atoms with Crippen molar-refractivity contribution in [2.75, 3.05) is 22.5 Å². The predicted octanol–water partition coefficient (Wildman–Crippen LogP) is 7.49. The van der Waals surface area contributed by atoms with Gasteiger partial charge in [0.25, 0.3) is 0 Å². The molecule has 1 fully saturated rings. The molecule has 192 valence electrons. The number of aryl methyl sites for hydroxylation is 1. The number of carbonyl (C=O) groups excluding carboxylic acids is 1. The Morgan fingerprint density at radius 3 is 2.64 bits per heavy atom. The first kappa shape index (κ1) is 26.4. The number of anilines is 2. The van der Waals surface area contributed by atoms with Crippen LogP contribution in [0.3, 0.4) is 0 Å². The number of thioether (sulfide) groups is 1. The molecular weight excluding hydrogens is 471 g/mol. The summed E-state index contributed by atoms with van der Waals surface area (Å²) in [5, 5.41) is 2.73. The molecule has 2 aromatic rings. The van der Waals surface area contributed by atoms with Crippen molar-refractivity contribution in [1.29, 1.82) is 0 Å². The van der Waals surface area contributed by atoms with Gasteiger partial charge in [0.2, 0.25) is 5.91 Å². The topological polar surface area (TPSA) is 58.1 Å². The lowest BCUT2D eigenvalue weighted by molar-refractivity contribution is -0.113. The van der Waals surface area contributed by atoms with Crippen molar-refractivity contribution in [1.82, 2.24) is 9.97 Å². The van der Waals surface area contributed by atoms with E-state index in [1.54, 1.807) is 0 Å². The van der Waals surface area contributed by atoms with Crippen molar-refractivity contribution in [3.63, 3.8) is 0 Å². The van der Waals surface area contributed by atoms with Crippen molar-refractivity contribution >= 4 is 35.3 Å². The molecule has 4 aliphatic rings. The number of pyridine rings is 2. The zero-order chi connectivity index (χ0) is 25.7. The molecule has 5 nitrogen and oxygen atoms in total. The fraction of sp³-hybridized carbons (Fsp3) is 0.483. The van der Waals surface area contributed by atoms with E-state index in [4.69, 9.17) is 0 Å². The Hall–Kier alpha value is -2.67. The Kier molecular flexibility index (Phi) is 8.83. The molecule has 3 aliphatic heterocycles. The van der Waals surface area contributed by atoms with Crippen LogP contribution in [0.25, 0.3) is 6.08 Å². The van der Waals surface area contributed by atoms with Gasteiger partial charge in [-0.05, 0) is 43.5 Å². The first-order chi connectivity index (χ1) is 17.4. The second kappa shape index (κ2) is 12.0. The van der Waals surface area contributed by atoms with Crippen LogP contribution in [-0.4, -0.2) is 28.2 Å². The molecule has 1 saturated carbocycles.